The molecule has 3 rings (SSSR count). The number of nitrogens with zero attached hydrogens (tertiary/aromatic N) is 3. The third-order valence-electron chi connectivity index (χ3n) is 3.76. The average molecular weight is 303 g/mol. The van der Waals surface area contributed by atoms with Crippen molar-refractivity contribution < 1.29 is 0 Å². The van der Waals surface area contributed by atoms with Crippen molar-refractivity contribution in [3.05, 3.63) is 28.7 Å². The lowest BCUT2D eigenvalue weighted by atomic mass is 10.1. The molecule has 6 heteroatoms. The third kappa shape index (κ3) is 3.44. The smallest absolute Gasteiger partial charge is 0.157 e. The lowest BCUT2D eigenvalue weighted by Crippen LogP contribution is -2.31. The zero-order chi connectivity index (χ0) is 14.5. The maximum absolute atomic E-state index is 6.25. The van der Waals surface area contributed by atoms with Crippen LogP contribution in [0.15, 0.2) is 23.8 Å². The van der Waals surface area contributed by atoms with Gasteiger partial charge in [-0.15, -0.1) is 11.3 Å². The zero-order valence-electron chi connectivity index (χ0n) is 12.1. The highest BCUT2D eigenvalue weighted by molar-refractivity contribution is 7.09. The SMILES string of the molecule is Nc1c(NCCc2cccs2)ncnc1N1CCCCC1. The number of hydrogen-bond donors (Lipinski definition) is 2. The van der Waals surface area contributed by atoms with E-state index in [9.17, 15) is 0 Å². The molecule has 1 fully saturated rings. The Kier molecular flexibility index (Phi) is 4.55. The number of aromatic nitrogens is 2. The second-order valence-corrected chi connectivity index (χ2v) is 6.30. The molecule has 112 valence electrons. The van der Waals surface area contributed by atoms with Gasteiger partial charge in [-0.25, -0.2) is 9.97 Å². The maximum Gasteiger partial charge on any atom is 0.157 e. The van der Waals surface area contributed by atoms with E-state index in [-0.39, 0.29) is 0 Å². The van der Waals surface area contributed by atoms with E-state index in [2.05, 4.69) is 37.7 Å². The zero-order valence-corrected chi connectivity index (χ0v) is 12.9. The lowest BCUT2D eigenvalue weighted by Gasteiger charge is -2.28. The first kappa shape index (κ1) is 14.1. The van der Waals surface area contributed by atoms with E-state index in [1.807, 2.05) is 0 Å². The van der Waals surface area contributed by atoms with Crippen LogP contribution in [-0.2, 0) is 6.42 Å². The summed E-state index contributed by atoms with van der Waals surface area (Å²) in [5.41, 5.74) is 6.92. The average Bonchev–Trinajstić information content (AvgIpc) is 3.03. The molecule has 0 unspecified atom stereocenters. The molecule has 5 nitrogen and oxygen atoms in total. The summed E-state index contributed by atoms with van der Waals surface area (Å²) in [6, 6.07) is 4.22. The van der Waals surface area contributed by atoms with Gasteiger partial charge >= 0.3 is 0 Å². The first-order valence-corrected chi connectivity index (χ1v) is 8.34. The molecule has 1 aliphatic heterocycles. The molecule has 21 heavy (non-hydrogen) atoms. The van der Waals surface area contributed by atoms with Crippen LogP contribution >= 0.6 is 11.3 Å². The molecule has 0 bridgehead atoms. The Balaban J connectivity index is 1.64. The quantitative estimate of drug-likeness (QED) is 0.889. The number of anilines is 3. The molecule has 0 atom stereocenters. The third-order valence-corrected chi connectivity index (χ3v) is 4.70. The molecule has 3 N–H and O–H groups in total. The number of piperidine rings is 1. The number of rotatable bonds is 5. The standard InChI is InChI=1S/C15H21N5S/c16-13-14(17-7-6-12-5-4-10-21-12)18-11-19-15(13)20-8-2-1-3-9-20/h4-5,10-11H,1-3,6-9,16H2,(H,17,18,19). The van der Waals surface area contributed by atoms with Crippen molar-refractivity contribution in [2.75, 3.05) is 35.6 Å². The summed E-state index contributed by atoms with van der Waals surface area (Å²) < 4.78 is 0. The molecule has 0 saturated carbocycles. The molecule has 2 aromatic rings. The van der Waals surface area contributed by atoms with Crippen molar-refractivity contribution >= 4 is 28.7 Å². The molecule has 2 aromatic heterocycles. The van der Waals surface area contributed by atoms with Crippen LogP contribution in [0.25, 0.3) is 0 Å². The van der Waals surface area contributed by atoms with Crippen LogP contribution in [0, 0.1) is 0 Å². The number of hydrogen-bond acceptors (Lipinski definition) is 6. The highest BCUT2D eigenvalue weighted by Crippen LogP contribution is 2.28. The molecule has 1 saturated heterocycles. The predicted octanol–water partition coefficient (Wildman–Crippen LogP) is 2.77. The Bertz CT molecular complexity index is 563. The minimum absolute atomic E-state index is 0.672. The minimum Gasteiger partial charge on any atom is -0.393 e. The number of thiophene rings is 1. The van der Waals surface area contributed by atoms with Crippen LogP contribution in [0.1, 0.15) is 24.1 Å². The summed E-state index contributed by atoms with van der Waals surface area (Å²) in [4.78, 5) is 12.3. The van der Waals surface area contributed by atoms with E-state index in [1.54, 1.807) is 17.7 Å². The summed E-state index contributed by atoms with van der Waals surface area (Å²) >= 11 is 1.78. The second kappa shape index (κ2) is 6.76. The highest BCUT2D eigenvalue weighted by atomic mass is 32.1. The van der Waals surface area contributed by atoms with Gasteiger partial charge in [0.25, 0.3) is 0 Å². The lowest BCUT2D eigenvalue weighted by molar-refractivity contribution is 0.573. The number of nitrogens with two attached hydrogens (primary N) is 1. The minimum atomic E-state index is 0.672. The van der Waals surface area contributed by atoms with Crippen molar-refractivity contribution in [1.82, 2.24) is 9.97 Å². The van der Waals surface area contributed by atoms with Gasteiger partial charge in [-0.05, 0) is 37.1 Å². The van der Waals surface area contributed by atoms with E-state index < -0.39 is 0 Å². The van der Waals surface area contributed by atoms with Crippen LogP contribution < -0.4 is 16.0 Å². The van der Waals surface area contributed by atoms with Gasteiger partial charge in [-0.2, -0.15) is 0 Å². The monoisotopic (exact) mass is 303 g/mol. The van der Waals surface area contributed by atoms with Crippen LogP contribution in [0.2, 0.25) is 0 Å². The van der Waals surface area contributed by atoms with Crippen LogP contribution in [-0.4, -0.2) is 29.6 Å². The number of nitrogen functional groups attached to an aromatic ring is 1. The Labute approximate surface area is 129 Å². The Morgan fingerprint density at radius 3 is 2.86 bits per heavy atom. The largest absolute Gasteiger partial charge is 0.393 e. The fourth-order valence-electron chi connectivity index (χ4n) is 2.64. The van der Waals surface area contributed by atoms with Gasteiger partial charge in [0.05, 0.1) is 0 Å². The summed E-state index contributed by atoms with van der Waals surface area (Å²) in [5, 5.41) is 5.43. The van der Waals surface area contributed by atoms with Crippen molar-refractivity contribution in [3.63, 3.8) is 0 Å². The normalized spacial score (nSPS) is 15.1. The van der Waals surface area contributed by atoms with Gasteiger partial charge in [0.2, 0.25) is 0 Å². The summed E-state index contributed by atoms with van der Waals surface area (Å²) in [6.45, 7) is 2.91. The van der Waals surface area contributed by atoms with Crippen molar-refractivity contribution in [1.29, 1.82) is 0 Å². The van der Waals surface area contributed by atoms with Crippen LogP contribution in [0.5, 0.6) is 0 Å². The van der Waals surface area contributed by atoms with Gasteiger partial charge in [0, 0.05) is 24.5 Å². The molecule has 0 aromatic carbocycles. The van der Waals surface area contributed by atoms with Crippen molar-refractivity contribution in [2.24, 2.45) is 0 Å². The van der Waals surface area contributed by atoms with Crippen molar-refractivity contribution in [3.8, 4) is 0 Å². The highest BCUT2D eigenvalue weighted by Gasteiger charge is 2.17. The van der Waals surface area contributed by atoms with Gasteiger partial charge < -0.3 is 16.0 Å². The molecule has 0 radical (unpaired) electrons. The maximum atomic E-state index is 6.25. The molecule has 0 spiro atoms. The van der Waals surface area contributed by atoms with E-state index >= 15 is 0 Å². The van der Waals surface area contributed by atoms with E-state index in [1.165, 1.54) is 24.1 Å². The van der Waals surface area contributed by atoms with E-state index in [0.717, 1.165) is 37.7 Å². The summed E-state index contributed by atoms with van der Waals surface area (Å²) in [6.07, 6.45) is 6.32. The Hall–Kier alpha value is -1.82. The Morgan fingerprint density at radius 1 is 1.24 bits per heavy atom. The van der Waals surface area contributed by atoms with Gasteiger partial charge in [0.1, 0.15) is 12.0 Å². The fraction of sp³-hybridized carbons (Fsp3) is 0.467. The number of nitrogens with one attached hydrogen (secondary N) is 1. The molecule has 1 aliphatic rings. The molecule has 0 amide bonds. The first-order valence-electron chi connectivity index (χ1n) is 7.46. The molecule has 0 aliphatic carbocycles. The molecule has 3 heterocycles. The second-order valence-electron chi connectivity index (χ2n) is 5.26. The summed E-state index contributed by atoms with van der Waals surface area (Å²) in [5.74, 6) is 1.63. The first-order chi connectivity index (χ1) is 10.3. The van der Waals surface area contributed by atoms with E-state index in [0.29, 0.717) is 5.69 Å². The predicted molar refractivity (Wildman–Crippen MR) is 89.0 cm³/mol. The van der Waals surface area contributed by atoms with Crippen molar-refractivity contribution in [2.45, 2.75) is 25.7 Å². The van der Waals surface area contributed by atoms with Crippen LogP contribution in [0.3, 0.4) is 0 Å². The van der Waals surface area contributed by atoms with Gasteiger partial charge in [-0.3, -0.25) is 0 Å². The Morgan fingerprint density at radius 2 is 2.10 bits per heavy atom. The fourth-order valence-corrected chi connectivity index (χ4v) is 3.35. The molecular formula is C15H21N5S. The van der Waals surface area contributed by atoms with Gasteiger partial charge in [0.15, 0.2) is 11.6 Å². The summed E-state index contributed by atoms with van der Waals surface area (Å²) in [7, 11) is 0. The molecular weight excluding hydrogens is 282 g/mol. The topological polar surface area (TPSA) is 67.1 Å². The van der Waals surface area contributed by atoms with Gasteiger partial charge in [-0.1, -0.05) is 6.07 Å². The van der Waals surface area contributed by atoms with Crippen LogP contribution in [0.4, 0.5) is 17.3 Å². The van der Waals surface area contributed by atoms with E-state index in [4.69, 9.17) is 5.73 Å².